The van der Waals surface area contributed by atoms with Gasteiger partial charge in [-0.25, -0.2) is 4.98 Å². The first-order chi connectivity index (χ1) is 8.91. The summed E-state index contributed by atoms with van der Waals surface area (Å²) in [4.78, 5) is 18.2. The molecule has 1 atom stereocenters. The fourth-order valence-corrected chi connectivity index (χ4v) is 4.36. The van der Waals surface area contributed by atoms with Crippen LogP contribution in [-0.2, 0) is 12.8 Å². The summed E-state index contributed by atoms with van der Waals surface area (Å²) in [6.45, 7) is 8.88. The quantitative estimate of drug-likeness (QED) is 0.745. The lowest BCUT2D eigenvalue weighted by Crippen LogP contribution is -2.26. The molecule has 1 unspecified atom stereocenters. The molecule has 3 nitrogen and oxygen atoms in total. The van der Waals surface area contributed by atoms with Crippen molar-refractivity contribution >= 4 is 22.6 Å². The summed E-state index contributed by atoms with van der Waals surface area (Å²) in [5, 5.41) is 0. The number of rotatable bonds is 1. The van der Waals surface area contributed by atoms with Gasteiger partial charge in [-0.3, -0.25) is 9.20 Å². The SMILES string of the molecule is Cc1nc2sc3c(n2c1C=O)CCC(C(C)(C)C)C3. The lowest BCUT2D eigenvalue weighted by Gasteiger charge is -2.33. The molecule has 0 aliphatic heterocycles. The van der Waals surface area contributed by atoms with Crippen molar-refractivity contribution < 1.29 is 4.79 Å². The van der Waals surface area contributed by atoms with Gasteiger partial charge >= 0.3 is 0 Å². The van der Waals surface area contributed by atoms with Gasteiger partial charge in [0.1, 0.15) is 5.69 Å². The number of fused-ring (bicyclic) bond motifs is 3. The van der Waals surface area contributed by atoms with Crippen LogP contribution in [0.3, 0.4) is 0 Å². The third kappa shape index (κ3) is 1.93. The molecule has 19 heavy (non-hydrogen) atoms. The molecule has 2 heterocycles. The summed E-state index contributed by atoms with van der Waals surface area (Å²) in [7, 11) is 0. The summed E-state index contributed by atoms with van der Waals surface area (Å²) in [5.74, 6) is 0.726. The van der Waals surface area contributed by atoms with Crippen molar-refractivity contribution in [1.29, 1.82) is 0 Å². The van der Waals surface area contributed by atoms with E-state index in [0.29, 0.717) is 5.41 Å². The molecular weight excluding hydrogens is 256 g/mol. The summed E-state index contributed by atoms with van der Waals surface area (Å²) in [6, 6.07) is 0. The molecule has 0 amide bonds. The predicted molar refractivity (Wildman–Crippen MR) is 78.2 cm³/mol. The highest BCUT2D eigenvalue weighted by Gasteiger charge is 2.31. The Kier molecular flexibility index (Phi) is 2.82. The van der Waals surface area contributed by atoms with Crippen molar-refractivity contribution in [3.8, 4) is 0 Å². The summed E-state index contributed by atoms with van der Waals surface area (Å²) in [5.41, 5.74) is 3.26. The lowest BCUT2D eigenvalue weighted by atomic mass is 9.73. The van der Waals surface area contributed by atoms with Gasteiger partial charge in [-0.1, -0.05) is 20.8 Å². The van der Waals surface area contributed by atoms with E-state index < -0.39 is 0 Å². The maximum absolute atomic E-state index is 11.3. The number of hydrogen-bond donors (Lipinski definition) is 0. The van der Waals surface area contributed by atoms with Gasteiger partial charge in [0.15, 0.2) is 11.2 Å². The van der Waals surface area contributed by atoms with Crippen molar-refractivity contribution in [3.63, 3.8) is 0 Å². The zero-order chi connectivity index (χ0) is 13.8. The van der Waals surface area contributed by atoms with E-state index in [1.165, 1.54) is 17.0 Å². The van der Waals surface area contributed by atoms with Crippen LogP contribution in [0.5, 0.6) is 0 Å². The molecule has 2 aromatic heterocycles. The Morgan fingerprint density at radius 3 is 2.79 bits per heavy atom. The fourth-order valence-electron chi connectivity index (χ4n) is 3.06. The number of carbonyl (C=O) groups is 1. The molecule has 1 aliphatic rings. The van der Waals surface area contributed by atoms with Crippen LogP contribution in [0.4, 0.5) is 0 Å². The van der Waals surface area contributed by atoms with Crippen molar-refractivity contribution in [2.75, 3.05) is 0 Å². The first kappa shape index (κ1) is 12.9. The molecular formula is C15H20N2OS. The minimum Gasteiger partial charge on any atom is -0.296 e. The van der Waals surface area contributed by atoms with Crippen LogP contribution < -0.4 is 0 Å². The van der Waals surface area contributed by atoms with Crippen LogP contribution in [0.1, 0.15) is 53.9 Å². The molecule has 1 aliphatic carbocycles. The average Bonchev–Trinajstić information content (AvgIpc) is 2.81. The first-order valence-corrected chi connectivity index (χ1v) is 7.68. The van der Waals surface area contributed by atoms with Crippen molar-refractivity contribution in [3.05, 3.63) is 22.0 Å². The van der Waals surface area contributed by atoms with E-state index in [-0.39, 0.29) is 0 Å². The fraction of sp³-hybridized carbons (Fsp3) is 0.600. The number of carbonyl (C=O) groups excluding carboxylic acids is 1. The number of thiazole rings is 1. The van der Waals surface area contributed by atoms with Gasteiger partial charge in [0.05, 0.1) is 5.69 Å². The van der Waals surface area contributed by atoms with Crippen molar-refractivity contribution in [2.24, 2.45) is 11.3 Å². The highest BCUT2D eigenvalue weighted by atomic mass is 32.1. The van der Waals surface area contributed by atoms with Crippen LogP contribution in [0.2, 0.25) is 0 Å². The second-order valence-corrected chi connectivity index (χ2v) is 7.66. The molecule has 3 rings (SSSR count). The second-order valence-electron chi connectivity index (χ2n) is 6.60. The third-order valence-corrected chi connectivity index (χ3v) is 5.48. The molecule has 0 spiro atoms. The number of aromatic nitrogens is 2. The Morgan fingerprint density at radius 1 is 1.42 bits per heavy atom. The number of nitrogens with zero attached hydrogens (tertiary/aromatic N) is 2. The van der Waals surface area contributed by atoms with Gasteiger partial charge in [0.25, 0.3) is 0 Å². The van der Waals surface area contributed by atoms with Crippen LogP contribution in [0, 0.1) is 18.3 Å². The zero-order valence-corrected chi connectivity index (χ0v) is 12.8. The Hall–Kier alpha value is -1.16. The Bertz CT molecular complexity index is 645. The van der Waals surface area contributed by atoms with E-state index in [0.717, 1.165) is 41.4 Å². The predicted octanol–water partition coefficient (Wildman–Crippen LogP) is 3.67. The van der Waals surface area contributed by atoms with E-state index in [4.69, 9.17) is 0 Å². The van der Waals surface area contributed by atoms with Gasteiger partial charge in [0.2, 0.25) is 0 Å². The second kappa shape index (κ2) is 4.17. The summed E-state index contributed by atoms with van der Waals surface area (Å²) in [6.07, 6.45) is 4.34. The van der Waals surface area contributed by atoms with Crippen molar-refractivity contribution in [2.45, 2.75) is 47.0 Å². The molecule has 102 valence electrons. The molecule has 0 aromatic carbocycles. The molecule has 0 saturated heterocycles. The van der Waals surface area contributed by atoms with Gasteiger partial charge < -0.3 is 0 Å². The molecule has 0 bridgehead atoms. The highest BCUT2D eigenvalue weighted by Crippen LogP contribution is 2.40. The zero-order valence-electron chi connectivity index (χ0n) is 12.0. The molecule has 2 aromatic rings. The standard InChI is InChI=1S/C15H20N2OS/c1-9-12(8-18)17-11-6-5-10(15(2,3)4)7-13(11)19-14(17)16-9/h8,10H,5-7H2,1-4H3. The van der Waals surface area contributed by atoms with E-state index in [1.807, 2.05) is 6.92 Å². The monoisotopic (exact) mass is 276 g/mol. The summed E-state index contributed by atoms with van der Waals surface area (Å²) >= 11 is 1.76. The minimum absolute atomic E-state index is 0.354. The number of hydrogen-bond acceptors (Lipinski definition) is 3. The van der Waals surface area contributed by atoms with Gasteiger partial charge in [-0.2, -0.15) is 0 Å². The number of imidazole rings is 1. The van der Waals surface area contributed by atoms with Crippen LogP contribution in [0.25, 0.3) is 4.96 Å². The molecule has 4 heteroatoms. The maximum Gasteiger partial charge on any atom is 0.194 e. The normalized spacial score (nSPS) is 19.7. The molecule has 0 N–H and O–H groups in total. The van der Waals surface area contributed by atoms with Crippen LogP contribution in [-0.4, -0.2) is 15.7 Å². The van der Waals surface area contributed by atoms with Gasteiger partial charge in [0, 0.05) is 10.6 Å². The van der Waals surface area contributed by atoms with E-state index in [9.17, 15) is 4.79 Å². The number of aryl methyl sites for hydroxylation is 2. The van der Waals surface area contributed by atoms with Gasteiger partial charge in [-0.15, -0.1) is 11.3 Å². The Morgan fingerprint density at radius 2 is 2.16 bits per heavy atom. The maximum atomic E-state index is 11.3. The van der Waals surface area contributed by atoms with E-state index in [1.54, 1.807) is 11.3 Å². The van der Waals surface area contributed by atoms with E-state index >= 15 is 0 Å². The smallest absolute Gasteiger partial charge is 0.194 e. The first-order valence-electron chi connectivity index (χ1n) is 6.86. The third-order valence-electron chi connectivity index (χ3n) is 4.37. The van der Waals surface area contributed by atoms with Crippen molar-refractivity contribution in [1.82, 2.24) is 9.38 Å². The van der Waals surface area contributed by atoms with Crippen LogP contribution >= 0.6 is 11.3 Å². The largest absolute Gasteiger partial charge is 0.296 e. The topological polar surface area (TPSA) is 34.4 Å². The summed E-state index contributed by atoms with van der Waals surface area (Å²) < 4.78 is 2.08. The Balaban J connectivity index is 2.09. The van der Waals surface area contributed by atoms with E-state index in [2.05, 4.69) is 30.2 Å². The molecule has 0 radical (unpaired) electrons. The highest BCUT2D eigenvalue weighted by molar-refractivity contribution is 7.17. The number of aldehydes is 1. The lowest BCUT2D eigenvalue weighted by molar-refractivity contribution is 0.111. The minimum atomic E-state index is 0.354. The van der Waals surface area contributed by atoms with Gasteiger partial charge in [-0.05, 0) is 37.5 Å². The Labute approximate surface area is 117 Å². The van der Waals surface area contributed by atoms with Crippen LogP contribution in [0.15, 0.2) is 0 Å². The molecule has 0 saturated carbocycles. The molecule has 0 fully saturated rings. The average molecular weight is 276 g/mol.